The Kier molecular flexibility index (Phi) is 3.57. The second kappa shape index (κ2) is 5.01. The third-order valence-corrected chi connectivity index (χ3v) is 3.81. The van der Waals surface area contributed by atoms with Crippen LogP contribution in [0.25, 0.3) is 11.1 Å². The first kappa shape index (κ1) is 13.5. The molecule has 0 N–H and O–H groups in total. The molecule has 0 spiro atoms. The Bertz CT molecular complexity index is 691. The van der Waals surface area contributed by atoms with Crippen molar-refractivity contribution in [2.24, 2.45) is 0 Å². The average Bonchev–Trinajstić information content (AvgIpc) is 2.38. The highest BCUT2D eigenvalue weighted by atomic mass is 32.2. The van der Waals surface area contributed by atoms with Crippen molar-refractivity contribution < 1.29 is 17.5 Å². The van der Waals surface area contributed by atoms with E-state index in [1.54, 1.807) is 24.3 Å². The highest BCUT2D eigenvalue weighted by Gasteiger charge is 2.11. The first-order valence-corrected chi connectivity index (χ1v) is 7.44. The number of sulfone groups is 1. The van der Waals surface area contributed by atoms with E-state index in [1.165, 1.54) is 25.3 Å². The Balaban J connectivity index is 2.60. The van der Waals surface area contributed by atoms with E-state index in [2.05, 4.69) is 0 Å². The first-order valence-electron chi connectivity index (χ1n) is 5.55. The number of hydrogen-bond acceptors (Lipinski definition) is 3. The molecule has 0 atom stereocenters. The van der Waals surface area contributed by atoms with Crippen molar-refractivity contribution in [3.05, 3.63) is 48.3 Å². The molecule has 0 fully saturated rings. The van der Waals surface area contributed by atoms with Crippen LogP contribution in [0.1, 0.15) is 0 Å². The van der Waals surface area contributed by atoms with E-state index in [1.807, 2.05) is 0 Å². The fourth-order valence-electron chi connectivity index (χ4n) is 1.71. The number of methoxy groups -OCH3 is 1. The maximum atomic E-state index is 12.9. The Morgan fingerprint density at radius 3 is 2.16 bits per heavy atom. The van der Waals surface area contributed by atoms with Crippen molar-refractivity contribution in [2.75, 3.05) is 13.4 Å². The van der Waals surface area contributed by atoms with Gasteiger partial charge in [-0.25, -0.2) is 12.8 Å². The molecule has 0 heterocycles. The van der Waals surface area contributed by atoms with E-state index in [9.17, 15) is 12.8 Å². The predicted molar refractivity (Wildman–Crippen MR) is 71.5 cm³/mol. The number of hydrogen-bond donors (Lipinski definition) is 0. The minimum atomic E-state index is -3.33. The highest BCUT2D eigenvalue weighted by Crippen LogP contribution is 2.28. The summed E-state index contributed by atoms with van der Waals surface area (Å²) in [5.74, 6) is 0.109. The van der Waals surface area contributed by atoms with Gasteiger partial charge in [-0.1, -0.05) is 12.1 Å². The zero-order valence-corrected chi connectivity index (χ0v) is 11.4. The molecule has 0 aliphatic heterocycles. The quantitative estimate of drug-likeness (QED) is 0.868. The second-order valence-corrected chi connectivity index (χ2v) is 6.19. The summed E-state index contributed by atoms with van der Waals surface area (Å²) in [5.41, 5.74) is 1.39. The van der Waals surface area contributed by atoms with Gasteiger partial charge < -0.3 is 4.74 Å². The Morgan fingerprint density at radius 1 is 1.00 bits per heavy atom. The van der Waals surface area contributed by atoms with Crippen LogP contribution in [0.5, 0.6) is 5.75 Å². The van der Waals surface area contributed by atoms with E-state index in [0.29, 0.717) is 11.3 Å². The lowest BCUT2D eigenvalue weighted by Crippen LogP contribution is -1.98. The van der Waals surface area contributed by atoms with E-state index >= 15 is 0 Å². The lowest BCUT2D eigenvalue weighted by Gasteiger charge is -2.08. The Morgan fingerprint density at radius 2 is 1.63 bits per heavy atom. The van der Waals surface area contributed by atoms with Gasteiger partial charge in [0, 0.05) is 6.26 Å². The molecular formula is C14H13FO3S. The van der Waals surface area contributed by atoms with Crippen molar-refractivity contribution in [1.29, 1.82) is 0 Å². The van der Waals surface area contributed by atoms with Gasteiger partial charge in [-0.3, -0.25) is 0 Å². The standard InChI is InChI=1S/C14H13FO3S/c1-18-13-7-11(8-14(9-13)19(2,16)17)10-3-5-12(15)6-4-10/h3-9H,1-2H3. The first-order chi connectivity index (χ1) is 8.90. The van der Waals surface area contributed by atoms with Crippen LogP contribution in [0.3, 0.4) is 0 Å². The van der Waals surface area contributed by atoms with Gasteiger partial charge in [0.25, 0.3) is 0 Å². The van der Waals surface area contributed by atoms with Gasteiger partial charge in [0.2, 0.25) is 0 Å². The van der Waals surface area contributed by atoms with Crippen LogP contribution in [-0.4, -0.2) is 21.8 Å². The van der Waals surface area contributed by atoms with Crippen LogP contribution in [0, 0.1) is 5.82 Å². The molecule has 0 unspecified atom stereocenters. The fourth-order valence-corrected chi connectivity index (χ4v) is 2.38. The average molecular weight is 280 g/mol. The third-order valence-electron chi connectivity index (χ3n) is 2.72. The highest BCUT2D eigenvalue weighted by molar-refractivity contribution is 7.90. The third kappa shape index (κ3) is 3.12. The minimum Gasteiger partial charge on any atom is -0.497 e. The molecule has 0 aliphatic rings. The van der Waals surface area contributed by atoms with Gasteiger partial charge in [-0.05, 0) is 41.5 Å². The summed E-state index contributed by atoms with van der Waals surface area (Å²) in [6, 6.07) is 10.6. The number of halogens is 1. The Hall–Kier alpha value is -1.88. The van der Waals surface area contributed by atoms with Gasteiger partial charge in [-0.2, -0.15) is 0 Å². The van der Waals surface area contributed by atoms with E-state index in [0.717, 1.165) is 11.8 Å². The van der Waals surface area contributed by atoms with Crippen LogP contribution in [0.15, 0.2) is 47.4 Å². The molecule has 0 saturated carbocycles. The topological polar surface area (TPSA) is 43.4 Å². The zero-order valence-electron chi connectivity index (χ0n) is 10.6. The van der Waals surface area contributed by atoms with E-state index in [4.69, 9.17) is 4.74 Å². The monoisotopic (exact) mass is 280 g/mol. The van der Waals surface area contributed by atoms with Crippen molar-refractivity contribution in [3.8, 4) is 16.9 Å². The maximum absolute atomic E-state index is 12.9. The smallest absolute Gasteiger partial charge is 0.175 e. The molecule has 2 aromatic carbocycles. The molecule has 2 aromatic rings. The van der Waals surface area contributed by atoms with Gasteiger partial charge in [0.1, 0.15) is 11.6 Å². The minimum absolute atomic E-state index is 0.172. The van der Waals surface area contributed by atoms with Gasteiger partial charge in [0.05, 0.1) is 12.0 Å². The van der Waals surface area contributed by atoms with Crippen LogP contribution >= 0.6 is 0 Å². The Labute approximate surface area is 111 Å². The van der Waals surface area contributed by atoms with Crippen LogP contribution < -0.4 is 4.74 Å². The van der Waals surface area contributed by atoms with Gasteiger partial charge in [-0.15, -0.1) is 0 Å². The summed E-state index contributed by atoms with van der Waals surface area (Å²) in [7, 11) is -1.86. The second-order valence-electron chi connectivity index (χ2n) is 4.18. The molecule has 0 amide bonds. The molecule has 19 heavy (non-hydrogen) atoms. The molecule has 100 valence electrons. The maximum Gasteiger partial charge on any atom is 0.175 e. The van der Waals surface area contributed by atoms with Crippen LogP contribution in [-0.2, 0) is 9.84 Å². The molecule has 0 aliphatic carbocycles. The number of benzene rings is 2. The molecule has 0 radical (unpaired) electrons. The van der Waals surface area contributed by atoms with Crippen LogP contribution in [0.4, 0.5) is 4.39 Å². The molecule has 3 nitrogen and oxygen atoms in total. The summed E-state index contributed by atoms with van der Waals surface area (Å²) in [6.07, 6.45) is 1.14. The molecule has 0 bridgehead atoms. The molecule has 5 heteroatoms. The summed E-state index contributed by atoms with van der Waals surface area (Å²) < 4.78 is 41.2. The molecular weight excluding hydrogens is 267 g/mol. The predicted octanol–water partition coefficient (Wildman–Crippen LogP) is 2.90. The summed E-state index contributed by atoms with van der Waals surface area (Å²) in [5, 5.41) is 0. The van der Waals surface area contributed by atoms with Crippen molar-refractivity contribution >= 4 is 9.84 Å². The van der Waals surface area contributed by atoms with Crippen molar-refractivity contribution in [2.45, 2.75) is 4.90 Å². The lowest BCUT2D eigenvalue weighted by molar-refractivity contribution is 0.413. The van der Waals surface area contributed by atoms with E-state index in [-0.39, 0.29) is 10.7 Å². The van der Waals surface area contributed by atoms with Crippen LogP contribution in [0.2, 0.25) is 0 Å². The van der Waals surface area contributed by atoms with Gasteiger partial charge in [0.15, 0.2) is 9.84 Å². The number of rotatable bonds is 3. The summed E-state index contributed by atoms with van der Waals surface area (Å²) in [6.45, 7) is 0. The normalized spacial score (nSPS) is 11.3. The van der Waals surface area contributed by atoms with E-state index < -0.39 is 9.84 Å². The zero-order chi connectivity index (χ0) is 14.0. The molecule has 0 saturated heterocycles. The fraction of sp³-hybridized carbons (Fsp3) is 0.143. The van der Waals surface area contributed by atoms with Crippen molar-refractivity contribution in [3.63, 3.8) is 0 Å². The van der Waals surface area contributed by atoms with Gasteiger partial charge >= 0.3 is 0 Å². The largest absolute Gasteiger partial charge is 0.497 e. The SMILES string of the molecule is COc1cc(-c2ccc(F)cc2)cc(S(C)(=O)=O)c1. The molecule has 2 rings (SSSR count). The number of ether oxygens (including phenoxy) is 1. The molecule has 0 aromatic heterocycles. The lowest BCUT2D eigenvalue weighted by atomic mass is 10.1. The summed E-state index contributed by atoms with van der Waals surface area (Å²) in [4.78, 5) is 0.172. The summed E-state index contributed by atoms with van der Waals surface area (Å²) >= 11 is 0. The van der Waals surface area contributed by atoms with Crippen molar-refractivity contribution in [1.82, 2.24) is 0 Å².